The number of halogens is 1. The molecule has 37 heavy (non-hydrogen) atoms. The van der Waals surface area contributed by atoms with E-state index in [0.29, 0.717) is 29.3 Å². The van der Waals surface area contributed by atoms with Crippen molar-refractivity contribution in [3.05, 3.63) is 106 Å². The molecule has 0 spiro atoms. The van der Waals surface area contributed by atoms with Crippen LogP contribution in [0.3, 0.4) is 0 Å². The number of hydrogen-bond donors (Lipinski definition) is 0. The number of fused-ring (bicyclic) bond motifs is 1. The van der Waals surface area contributed by atoms with Crippen LogP contribution in [0.4, 0.5) is 0 Å². The third-order valence-electron chi connectivity index (χ3n) is 8.46. The Morgan fingerprint density at radius 3 is 2.43 bits per heavy atom. The molecule has 0 heterocycles. The van der Waals surface area contributed by atoms with Crippen LogP contribution in [0.5, 0.6) is 0 Å². The van der Waals surface area contributed by atoms with Gasteiger partial charge in [-0.2, -0.15) is 0 Å². The second kappa shape index (κ2) is 11.6. The van der Waals surface area contributed by atoms with E-state index in [4.69, 9.17) is 11.6 Å². The monoisotopic (exact) mass is 528 g/mol. The largest absolute Gasteiger partial charge is 0.299 e. The first kappa shape index (κ1) is 26.3. The first-order chi connectivity index (χ1) is 17.9. The second-order valence-corrected chi connectivity index (χ2v) is 12.6. The summed E-state index contributed by atoms with van der Waals surface area (Å²) in [7, 11) is 0. The third kappa shape index (κ3) is 5.76. The highest BCUT2D eigenvalue weighted by Gasteiger charge is 2.48. The molecule has 5 rings (SSSR count). The van der Waals surface area contributed by atoms with Gasteiger partial charge in [0.1, 0.15) is 5.78 Å². The SMILES string of the molecule is CC/C=C\c1c(C)cccc1C1CC(=O)[C@@H]2CCC(c3ccc(Cl)cc3)C[C@@H]2C1Sc1ccc(C)cc1. The number of ketones is 1. The van der Waals surface area contributed by atoms with E-state index < -0.39 is 0 Å². The summed E-state index contributed by atoms with van der Waals surface area (Å²) < 4.78 is 0. The Labute approximate surface area is 231 Å². The number of Topliss-reactive ketones (excluding diaryl/α,β-unsaturated/α-hetero) is 1. The average Bonchev–Trinajstić information content (AvgIpc) is 2.91. The van der Waals surface area contributed by atoms with E-state index in [0.717, 1.165) is 30.7 Å². The Morgan fingerprint density at radius 1 is 0.946 bits per heavy atom. The minimum atomic E-state index is 0.169. The van der Waals surface area contributed by atoms with Gasteiger partial charge in [0, 0.05) is 33.4 Å². The molecule has 2 fully saturated rings. The van der Waals surface area contributed by atoms with Crippen molar-refractivity contribution in [3.8, 4) is 0 Å². The Hall–Kier alpha value is -2.29. The molecule has 0 aromatic heterocycles. The fraction of sp³-hybridized carbons (Fsp3) is 0.382. The lowest BCUT2D eigenvalue weighted by Crippen LogP contribution is -2.44. The Bertz CT molecular complexity index is 1260. The van der Waals surface area contributed by atoms with Crippen molar-refractivity contribution in [2.45, 2.75) is 74.9 Å². The van der Waals surface area contributed by atoms with E-state index in [1.54, 1.807) is 0 Å². The van der Waals surface area contributed by atoms with E-state index in [-0.39, 0.29) is 11.8 Å². The lowest BCUT2D eigenvalue weighted by atomic mass is 9.61. The van der Waals surface area contributed by atoms with Crippen LogP contribution in [-0.2, 0) is 4.79 Å². The number of aryl methyl sites for hydroxylation is 2. The van der Waals surface area contributed by atoms with E-state index in [1.807, 2.05) is 23.9 Å². The second-order valence-electron chi connectivity index (χ2n) is 10.9. The van der Waals surface area contributed by atoms with Crippen LogP contribution in [-0.4, -0.2) is 11.0 Å². The van der Waals surface area contributed by atoms with Crippen molar-refractivity contribution in [2.24, 2.45) is 11.8 Å². The molecular formula is C34H37ClOS. The smallest absolute Gasteiger partial charge is 0.136 e. The number of rotatable bonds is 6. The van der Waals surface area contributed by atoms with Gasteiger partial charge in [0.15, 0.2) is 0 Å². The minimum absolute atomic E-state index is 0.169. The van der Waals surface area contributed by atoms with Gasteiger partial charge in [0.25, 0.3) is 0 Å². The summed E-state index contributed by atoms with van der Waals surface area (Å²) in [5, 5.41) is 1.14. The molecule has 0 aliphatic heterocycles. The molecule has 1 nitrogen and oxygen atoms in total. The molecule has 192 valence electrons. The van der Waals surface area contributed by atoms with Crippen LogP contribution >= 0.6 is 23.4 Å². The van der Waals surface area contributed by atoms with Crippen LogP contribution in [0.1, 0.15) is 78.7 Å². The molecular weight excluding hydrogens is 492 g/mol. The highest BCUT2D eigenvalue weighted by atomic mass is 35.5. The number of allylic oxidation sites excluding steroid dienone is 1. The van der Waals surface area contributed by atoms with Crippen molar-refractivity contribution in [3.63, 3.8) is 0 Å². The quantitative estimate of drug-likeness (QED) is 0.316. The molecule has 0 amide bonds. The van der Waals surface area contributed by atoms with Gasteiger partial charge in [-0.15, -0.1) is 11.8 Å². The zero-order valence-corrected chi connectivity index (χ0v) is 23.7. The van der Waals surface area contributed by atoms with Crippen LogP contribution in [0.2, 0.25) is 5.02 Å². The van der Waals surface area contributed by atoms with Crippen LogP contribution in [0.15, 0.2) is 77.7 Å². The molecule has 2 aliphatic carbocycles. The number of carbonyl (C=O) groups is 1. The van der Waals surface area contributed by atoms with Gasteiger partial charge in [-0.3, -0.25) is 4.79 Å². The predicted octanol–water partition coefficient (Wildman–Crippen LogP) is 9.80. The summed E-state index contributed by atoms with van der Waals surface area (Å²) in [5.41, 5.74) is 6.58. The Balaban J connectivity index is 1.55. The highest BCUT2D eigenvalue weighted by molar-refractivity contribution is 8.00. The maximum Gasteiger partial charge on any atom is 0.136 e. The fourth-order valence-electron chi connectivity index (χ4n) is 6.51. The summed E-state index contributed by atoms with van der Waals surface area (Å²) >= 11 is 8.21. The predicted molar refractivity (Wildman–Crippen MR) is 159 cm³/mol. The highest BCUT2D eigenvalue weighted by Crippen LogP contribution is 2.54. The molecule has 2 aliphatic rings. The van der Waals surface area contributed by atoms with Gasteiger partial charge < -0.3 is 0 Å². The normalized spacial score (nSPS) is 25.8. The standard InChI is InChI=1S/C34H37ClOS/c1-4-5-8-28-23(3)7-6-9-29(28)32-21-33(36)30-19-14-25(24-12-15-26(35)16-13-24)20-31(30)34(32)37-27-17-10-22(2)11-18-27/h5-13,15-18,25,30-32,34H,4,14,19-21H2,1-3H3/b8-5-/t25?,30-,31+,32?,34?/m1/s1. The molecule has 0 N–H and O–H groups in total. The topological polar surface area (TPSA) is 17.1 Å². The summed E-state index contributed by atoms with van der Waals surface area (Å²) in [6.07, 6.45) is 9.31. The average molecular weight is 529 g/mol. The Morgan fingerprint density at radius 2 is 1.70 bits per heavy atom. The van der Waals surface area contributed by atoms with Crippen LogP contribution in [0.25, 0.3) is 6.08 Å². The van der Waals surface area contributed by atoms with Gasteiger partial charge in [-0.05, 0) is 97.9 Å². The van der Waals surface area contributed by atoms with Gasteiger partial charge in [0.2, 0.25) is 0 Å². The van der Waals surface area contributed by atoms with Crippen LogP contribution in [0, 0.1) is 25.7 Å². The molecule has 3 unspecified atom stereocenters. The molecule has 2 saturated carbocycles. The lowest BCUT2D eigenvalue weighted by molar-refractivity contribution is -0.128. The van der Waals surface area contributed by atoms with Crippen molar-refractivity contribution in [1.29, 1.82) is 0 Å². The molecule has 0 saturated heterocycles. The maximum atomic E-state index is 13.7. The van der Waals surface area contributed by atoms with E-state index in [2.05, 4.69) is 87.5 Å². The Kier molecular flexibility index (Phi) is 8.27. The number of thioether (sulfide) groups is 1. The molecule has 3 heteroatoms. The van der Waals surface area contributed by atoms with E-state index in [9.17, 15) is 4.79 Å². The first-order valence-electron chi connectivity index (χ1n) is 13.7. The molecule has 5 atom stereocenters. The zero-order valence-electron chi connectivity index (χ0n) is 22.1. The maximum absolute atomic E-state index is 13.7. The van der Waals surface area contributed by atoms with Crippen molar-refractivity contribution in [2.75, 3.05) is 0 Å². The van der Waals surface area contributed by atoms with Gasteiger partial charge in [-0.1, -0.05) is 78.7 Å². The number of hydrogen-bond acceptors (Lipinski definition) is 2. The summed E-state index contributed by atoms with van der Waals surface area (Å²) in [5.74, 6) is 1.68. The minimum Gasteiger partial charge on any atom is -0.299 e. The first-order valence-corrected chi connectivity index (χ1v) is 15.0. The van der Waals surface area contributed by atoms with E-state index in [1.165, 1.54) is 32.7 Å². The zero-order chi connectivity index (χ0) is 25.9. The summed E-state index contributed by atoms with van der Waals surface area (Å²) in [4.78, 5) is 15.0. The van der Waals surface area contributed by atoms with Gasteiger partial charge in [-0.25, -0.2) is 0 Å². The molecule has 0 radical (unpaired) electrons. The number of benzene rings is 3. The van der Waals surface area contributed by atoms with Gasteiger partial charge >= 0.3 is 0 Å². The molecule has 3 aromatic rings. The van der Waals surface area contributed by atoms with Gasteiger partial charge in [0.05, 0.1) is 0 Å². The molecule has 0 bridgehead atoms. The lowest BCUT2D eigenvalue weighted by Gasteiger charge is -2.47. The third-order valence-corrected chi connectivity index (χ3v) is 10.2. The fourth-order valence-corrected chi connectivity index (χ4v) is 8.13. The summed E-state index contributed by atoms with van der Waals surface area (Å²) in [6, 6.07) is 24.0. The summed E-state index contributed by atoms with van der Waals surface area (Å²) in [6.45, 7) is 6.52. The molecule has 3 aromatic carbocycles. The van der Waals surface area contributed by atoms with Crippen LogP contribution < -0.4 is 0 Å². The van der Waals surface area contributed by atoms with Crippen molar-refractivity contribution < 1.29 is 4.79 Å². The van der Waals surface area contributed by atoms with Crippen molar-refractivity contribution >= 4 is 35.2 Å². The van der Waals surface area contributed by atoms with Crippen molar-refractivity contribution in [1.82, 2.24) is 0 Å². The van der Waals surface area contributed by atoms with E-state index >= 15 is 0 Å². The number of carbonyl (C=O) groups excluding carboxylic acids is 1.